The fourth-order valence-corrected chi connectivity index (χ4v) is 8.43. The average Bonchev–Trinajstić information content (AvgIpc) is 3.75. The fourth-order valence-electron chi connectivity index (χ4n) is 8.43. The number of amides is 3. The molecule has 4 fully saturated rings. The number of nitrogens with one attached hydrogen (secondary N) is 3. The molecule has 3 amide bonds. The summed E-state index contributed by atoms with van der Waals surface area (Å²) in [7, 11) is 1.31. The zero-order valence-electron chi connectivity index (χ0n) is 31.2. The molecule has 52 heavy (non-hydrogen) atoms. The van der Waals surface area contributed by atoms with Gasteiger partial charge < -0.3 is 29.8 Å². The van der Waals surface area contributed by atoms with Gasteiger partial charge in [-0.2, -0.15) is 0 Å². The zero-order chi connectivity index (χ0) is 36.5. The molecule has 2 saturated heterocycles. The van der Waals surface area contributed by atoms with Crippen LogP contribution in [0.3, 0.4) is 0 Å². The molecular weight excluding hydrogens is 654 g/mol. The van der Waals surface area contributed by atoms with Crippen molar-refractivity contribution in [2.45, 2.75) is 91.3 Å². The van der Waals surface area contributed by atoms with Crippen LogP contribution in [0.25, 0.3) is 33.4 Å². The van der Waals surface area contributed by atoms with Gasteiger partial charge in [0.05, 0.1) is 42.1 Å². The number of aromatic nitrogens is 4. The van der Waals surface area contributed by atoms with Crippen molar-refractivity contribution in [3.63, 3.8) is 0 Å². The number of likely N-dealkylation sites (tertiary alicyclic amines) is 2. The molecule has 0 unspecified atom stereocenters. The number of hydrogen-bond donors (Lipinski definition) is 3. The van der Waals surface area contributed by atoms with Crippen LogP contribution in [0.4, 0.5) is 4.79 Å². The highest BCUT2D eigenvalue weighted by molar-refractivity contribution is 5.87. The summed E-state index contributed by atoms with van der Waals surface area (Å²) in [4.78, 5) is 60.4. The summed E-state index contributed by atoms with van der Waals surface area (Å²) >= 11 is 0. The smallest absolute Gasteiger partial charge is 0.407 e. The summed E-state index contributed by atoms with van der Waals surface area (Å²) < 4.78 is 4.82. The van der Waals surface area contributed by atoms with Crippen LogP contribution in [0, 0.1) is 28.6 Å². The van der Waals surface area contributed by atoms with Gasteiger partial charge in [-0.1, -0.05) is 65.0 Å². The van der Waals surface area contributed by atoms with E-state index >= 15 is 0 Å². The Morgan fingerprint density at radius 1 is 0.788 bits per heavy atom. The van der Waals surface area contributed by atoms with E-state index in [0.717, 1.165) is 77.3 Å². The lowest BCUT2D eigenvalue weighted by molar-refractivity contribution is -0.137. The van der Waals surface area contributed by atoms with E-state index in [0.29, 0.717) is 12.5 Å². The predicted octanol–water partition coefficient (Wildman–Crippen LogP) is 7.40. The van der Waals surface area contributed by atoms with Crippen molar-refractivity contribution in [2.75, 3.05) is 20.2 Å². The van der Waals surface area contributed by atoms with Crippen molar-refractivity contribution in [1.29, 1.82) is 0 Å². The lowest BCUT2D eigenvalue weighted by Crippen LogP contribution is -2.51. The van der Waals surface area contributed by atoms with Gasteiger partial charge in [0.25, 0.3) is 0 Å². The zero-order valence-corrected chi connectivity index (χ0v) is 31.2. The normalized spacial score (nSPS) is 22.5. The number of alkyl carbamates (subject to hydrolysis) is 1. The Bertz CT molecular complexity index is 2000. The van der Waals surface area contributed by atoms with Gasteiger partial charge in [-0.15, -0.1) is 0 Å². The first-order valence-electron chi connectivity index (χ1n) is 19.0. The molecule has 2 aliphatic carbocycles. The lowest BCUT2D eigenvalue weighted by atomic mass is 9.96. The highest BCUT2D eigenvalue weighted by Crippen LogP contribution is 2.59. The largest absolute Gasteiger partial charge is 0.453 e. The molecule has 274 valence electrons. The van der Waals surface area contributed by atoms with Gasteiger partial charge in [0.1, 0.15) is 17.7 Å². The van der Waals surface area contributed by atoms with Crippen LogP contribution in [-0.4, -0.2) is 73.9 Å². The van der Waals surface area contributed by atoms with E-state index in [1.54, 1.807) is 0 Å². The Hall–Kier alpha value is -4.67. The SMILES string of the molecule is COC(=O)N[C@H](C(=O)N1CC2(CC2)C[C@H]1c1nc2ccc(-c3ccc(-c4cnc([C@@H]5CC6(CC6)CN5C(=O)[C@@H](C)C(C)C)[nH]4)cc3)cc2[nH]1)C(C)C. The van der Waals surface area contributed by atoms with Gasteiger partial charge in [-0.05, 0) is 90.0 Å². The third-order valence-electron chi connectivity index (χ3n) is 12.5. The van der Waals surface area contributed by atoms with E-state index in [4.69, 9.17) is 14.7 Å². The lowest BCUT2D eigenvalue weighted by Gasteiger charge is -2.30. The minimum atomic E-state index is -0.675. The number of carbonyl (C=O) groups is 3. The molecule has 4 heterocycles. The predicted molar refractivity (Wildman–Crippen MR) is 199 cm³/mol. The van der Waals surface area contributed by atoms with E-state index in [9.17, 15) is 14.4 Å². The Morgan fingerprint density at radius 3 is 1.98 bits per heavy atom. The summed E-state index contributed by atoms with van der Waals surface area (Å²) in [5.74, 6) is 2.00. The number of nitrogens with zero attached hydrogens (tertiary/aromatic N) is 4. The molecule has 0 bridgehead atoms. The van der Waals surface area contributed by atoms with E-state index in [1.165, 1.54) is 20.0 Å². The van der Waals surface area contributed by atoms with Gasteiger partial charge in [-0.3, -0.25) is 9.59 Å². The maximum atomic E-state index is 13.9. The molecule has 8 rings (SSSR count). The number of aromatic amines is 2. The Balaban J connectivity index is 1.000. The summed E-state index contributed by atoms with van der Waals surface area (Å²) in [5, 5.41) is 2.76. The van der Waals surface area contributed by atoms with Crippen molar-refractivity contribution in [3.8, 4) is 22.4 Å². The minimum absolute atomic E-state index is 0.00681. The number of imidazole rings is 2. The van der Waals surface area contributed by atoms with Crippen LogP contribution < -0.4 is 5.32 Å². The van der Waals surface area contributed by atoms with Gasteiger partial charge in [0, 0.05) is 19.0 Å². The van der Waals surface area contributed by atoms with E-state index in [-0.39, 0.29) is 46.6 Å². The van der Waals surface area contributed by atoms with Crippen LogP contribution >= 0.6 is 0 Å². The minimum Gasteiger partial charge on any atom is -0.453 e. The highest BCUT2D eigenvalue weighted by Gasteiger charge is 2.56. The number of hydrogen-bond acceptors (Lipinski definition) is 6. The monoisotopic (exact) mass is 705 g/mol. The first kappa shape index (κ1) is 34.4. The molecule has 0 radical (unpaired) electrons. The summed E-state index contributed by atoms with van der Waals surface area (Å²) in [6, 6.07) is 13.8. The molecule has 2 aromatic carbocycles. The van der Waals surface area contributed by atoms with Crippen LogP contribution in [0.5, 0.6) is 0 Å². The van der Waals surface area contributed by atoms with Crippen LogP contribution in [-0.2, 0) is 14.3 Å². The molecule has 2 spiro atoms. The molecule has 11 heteroatoms. The molecule has 4 aromatic rings. The maximum Gasteiger partial charge on any atom is 0.407 e. The number of ether oxygens (including phenoxy) is 1. The molecular formula is C41H51N7O4. The number of methoxy groups -OCH3 is 1. The number of fused-ring (bicyclic) bond motifs is 1. The molecule has 4 atom stereocenters. The second-order valence-corrected chi connectivity index (χ2v) is 16.9. The molecule has 3 N–H and O–H groups in total. The van der Waals surface area contributed by atoms with Gasteiger partial charge in [-0.25, -0.2) is 14.8 Å². The van der Waals surface area contributed by atoms with Crippen molar-refractivity contribution >= 4 is 28.9 Å². The summed E-state index contributed by atoms with van der Waals surface area (Å²) in [5.41, 5.74) is 6.31. The van der Waals surface area contributed by atoms with Crippen molar-refractivity contribution in [2.24, 2.45) is 28.6 Å². The third-order valence-corrected chi connectivity index (χ3v) is 12.5. The topological polar surface area (TPSA) is 136 Å². The standard InChI is InChI=1S/C41H51N7O4/c1-23(2)25(5)37(49)47-21-40(13-14-40)18-32(47)35-42-20-31(45-35)27-9-7-26(8-10-27)28-11-12-29-30(17-28)44-36(43-29)33-19-41(15-16-41)22-48(33)38(50)34(24(3)4)46-39(51)52-6/h7-12,17,20,23-25,32-34H,13-16,18-19,21-22H2,1-6H3,(H,42,45)(H,43,44)(H,46,51)/t25-,32-,33-,34-/m0/s1. The number of carbonyl (C=O) groups excluding carboxylic acids is 3. The number of rotatable bonds is 9. The number of benzene rings is 2. The Labute approximate surface area is 305 Å². The molecule has 11 nitrogen and oxygen atoms in total. The maximum absolute atomic E-state index is 13.9. The van der Waals surface area contributed by atoms with Crippen molar-refractivity contribution < 1.29 is 19.1 Å². The van der Waals surface area contributed by atoms with Gasteiger partial charge >= 0.3 is 6.09 Å². The molecule has 2 aromatic heterocycles. The van der Waals surface area contributed by atoms with Crippen LogP contribution in [0.1, 0.15) is 96.9 Å². The van der Waals surface area contributed by atoms with Crippen LogP contribution in [0.15, 0.2) is 48.7 Å². The number of H-pyrrole nitrogens is 2. The van der Waals surface area contributed by atoms with Crippen molar-refractivity contribution in [3.05, 3.63) is 60.3 Å². The highest BCUT2D eigenvalue weighted by atomic mass is 16.5. The van der Waals surface area contributed by atoms with Gasteiger partial charge in [0.2, 0.25) is 11.8 Å². The quantitative estimate of drug-likeness (QED) is 0.166. The van der Waals surface area contributed by atoms with E-state index < -0.39 is 12.1 Å². The first-order chi connectivity index (χ1) is 24.9. The third kappa shape index (κ3) is 6.26. The van der Waals surface area contributed by atoms with Crippen molar-refractivity contribution in [1.82, 2.24) is 35.1 Å². The Kier molecular flexibility index (Phi) is 8.45. The van der Waals surface area contributed by atoms with E-state index in [1.807, 2.05) is 37.9 Å². The molecule has 4 aliphatic rings. The molecule has 2 aliphatic heterocycles. The summed E-state index contributed by atoms with van der Waals surface area (Å²) in [6.07, 6.45) is 7.72. The van der Waals surface area contributed by atoms with Gasteiger partial charge in [0.15, 0.2) is 0 Å². The Morgan fingerprint density at radius 2 is 1.38 bits per heavy atom. The summed E-state index contributed by atoms with van der Waals surface area (Å²) in [6.45, 7) is 11.7. The fraction of sp³-hybridized carbons (Fsp3) is 0.537. The first-order valence-corrected chi connectivity index (χ1v) is 19.0. The molecule has 2 saturated carbocycles. The average molecular weight is 706 g/mol. The second kappa shape index (κ2) is 12.8. The van der Waals surface area contributed by atoms with E-state index in [2.05, 4.69) is 70.4 Å². The second-order valence-electron chi connectivity index (χ2n) is 16.9. The van der Waals surface area contributed by atoms with Crippen LogP contribution in [0.2, 0.25) is 0 Å².